The number of hydrogen-bond donors (Lipinski definition) is 1. The molecule has 232 valence electrons. The normalized spacial score (nSPS) is 18.2. The highest BCUT2D eigenvalue weighted by Crippen LogP contribution is 2.37. The van der Waals surface area contributed by atoms with Gasteiger partial charge in [0.1, 0.15) is 23.8 Å². The van der Waals surface area contributed by atoms with Crippen LogP contribution in [0.3, 0.4) is 0 Å². The van der Waals surface area contributed by atoms with Gasteiger partial charge in [0, 0.05) is 47.8 Å². The number of aromatic nitrogens is 2. The highest BCUT2D eigenvalue weighted by atomic mass is 35.5. The summed E-state index contributed by atoms with van der Waals surface area (Å²) in [5.74, 6) is -4.76. The number of nitriles is 2. The molecule has 1 N–H and O–H groups in total. The van der Waals surface area contributed by atoms with Gasteiger partial charge < -0.3 is 5.32 Å². The molecule has 2 aliphatic rings. The van der Waals surface area contributed by atoms with Crippen molar-refractivity contribution in [2.24, 2.45) is 0 Å². The lowest BCUT2D eigenvalue weighted by molar-refractivity contribution is -0.128. The van der Waals surface area contributed by atoms with Crippen LogP contribution in [0.1, 0.15) is 68.8 Å². The molecule has 2 heterocycles. The van der Waals surface area contributed by atoms with Gasteiger partial charge in [-0.3, -0.25) is 24.2 Å². The molecule has 0 radical (unpaired) electrons. The summed E-state index contributed by atoms with van der Waals surface area (Å²) in [5, 5.41) is 22.0. The van der Waals surface area contributed by atoms with Crippen LogP contribution < -0.4 is 15.1 Å². The summed E-state index contributed by atoms with van der Waals surface area (Å²) in [7, 11) is 0. The highest BCUT2D eigenvalue weighted by Gasteiger charge is 2.45. The second-order valence-corrected chi connectivity index (χ2v) is 11.0. The van der Waals surface area contributed by atoms with Crippen molar-refractivity contribution >= 4 is 41.0 Å². The SMILES string of the molecule is C.N#Cc1cccc(N(C(=O)[C@@H]2CCC(=O)N2c2nccc(C#N)n2)[C@H](C(=O)NC2CCC(F)(F)CC2)c2ccccc2Cl)c1. The van der Waals surface area contributed by atoms with E-state index in [1.54, 1.807) is 36.4 Å². The molecule has 2 atom stereocenters. The van der Waals surface area contributed by atoms with Gasteiger partial charge in [0.25, 0.3) is 5.91 Å². The number of alkyl halides is 2. The molecule has 13 heteroatoms. The van der Waals surface area contributed by atoms with E-state index in [0.29, 0.717) is 0 Å². The molecule has 3 amide bonds. The van der Waals surface area contributed by atoms with E-state index in [2.05, 4.69) is 15.3 Å². The van der Waals surface area contributed by atoms with Gasteiger partial charge in [0.15, 0.2) is 0 Å². The fourth-order valence-electron chi connectivity index (χ4n) is 5.54. The number of carbonyl (C=O) groups excluding carboxylic acids is 3. The number of hydrogen-bond acceptors (Lipinski definition) is 7. The van der Waals surface area contributed by atoms with Gasteiger partial charge >= 0.3 is 0 Å². The van der Waals surface area contributed by atoms with Crippen LogP contribution in [0.25, 0.3) is 0 Å². The predicted molar refractivity (Wildman–Crippen MR) is 162 cm³/mol. The van der Waals surface area contributed by atoms with Crippen LogP contribution >= 0.6 is 11.6 Å². The van der Waals surface area contributed by atoms with Crippen LogP contribution in [0.15, 0.2) is 60.8 Å². The first kappa shape index (κ1) is 33.0. The van der Waals surface area contributed by atoms with Crippen LogP contribution in [-0.4, -0.2) is 45.7 Å². The van der Waals surface area contributed by atoms with E-state index in [4.69, 9.17) is 11.6 Å². The lowest BCUT2D eigenvalue weighted by Crippen LogP contribution is -2.53. The minimum atomic E-state index is -2.81. The molecule has 1 aliphatic carbocycles. The van der Waals surface area contributed by atoms with E-state index in [1.165, 1.54) is 29.3 Å². The molecule has 10 nitrogen and oxygen atoms in total. The topological polar surface area (TPSA) is 143 Å². The van der Waals surface area contributed by atoms with Crippen molar-refractivity contribution in [2.45, 2.75) is 70.0 Å². The molecule has 2 aromatic carbocycles. The number of carbonyl (C=O) groups is 3. The maximum Gasteiger partial charge on any atom is 0.251 e. The van der Waals surface area contributed by atoms with Crippen molar-refractivity contribution in [3.63, 3.8) is 0 Å². The molecule has 5 rings (SSSR count). The first-order chi connectivity index (χ1) is 21.1. The zero-order chi connectivity index (χ0) is 31.4. The zero-order valence-electron chi connectivity index (χ0n) is 23.3. The van der Waals surface area contributed by atoms with E-state index >= 15 is 0 Å². The Balaban J connectivity index is 0.00000461. The Morgan fingerprint density at radius 2 is 1.80 bits per heavy atom. The fraction of sp³-hybridized carbons (Fsp3) is 0.344. The van der Waals surface area contributed by atoms with E-state index < -0.39 is 41.8 Å². The van der Waals surface area contributed by atoms with Crippen molar-refractivity contribution in [3.8, 4) is 12.1 Å². The second kappa shape index (κ2) is 13.8. The fourth-order valence-corrected chi connectivity index (χ4v) is 5.78. The lowest BCUT2D eigenvalue weighted by atomic mass is 9.91. The van der Waals surface area contributed by atoms with Crippen molar-refractivity contribution < 1.29 is 23.2 Å². The maximum absolute atomic E-state index is 14.6. The lowest BCUT2D eigenvalue weighted by Gasteiger charge is -2.37. The van der Waals surface area contributed by atoms with Gasteiger partial charge in [-0.25, -0.2) is 18.7 Å². The Morgan fingerprint density at radius 1 is 1.07 bits per heavy atom. The van der Waals surface area contributed by atoms with Crippen molar-refractivity contribution in [1.29, 1.82) is 10.5 Å². The first-order valence-corrected chi connectivity index (χ1v) is 14.3. The average Bonchev–Trinajstić information content (AvgIpc) is 3.42. The molecule has 0 bridgehead atoms. The van der Waals surface area contributed by atoms with Gasteiger partial charge in [-0.05, 0) is 49.6 Å². The van der Waals surface area contributed by atoms with Crippen LogP contribution in [-0.2, 0) is 14.4 Å². The van der Waals surface area contributed by atoms with E-state index in [9.17, 15) is 33.7 Å². The van der Waals surface area contributed by atoms with Crippen LogP contribution in [0.2, 0.25) is 5.02 Å². The summed E-state index contributed by atoms with van der Waals surface area (Å²) in [5.41, 5.74) is 0.626. The molecule has 0 unspecified atom stereocenters. The molecular weight excluding hydrogens is 604 g/mol. The number of amides is 3. The number of nitrogens with one attached hydrogen (secondary N) is 1. The van der Waals surface area contributed by atoms with Crippen molar-refractivity contribution in [3.05, 3.63) is 82.6 Å². The van der Waals surface area contributed by atoms with Crippen LogP contribution in [0.5, 0.6) is 0 Å². The molecule has 1 saturated carbocycles. The second-order valence-electron chi connectivity index (χ2n) is 10.6. The minimum Gasteiger partial charge on any atom is -0.351 e. The quantitative estimate of drug-likeness (QED) is 0.363. The number of halogens is 3. The molecule has 45 heavy (non-hydrogen) atoms. The van der Waals surface area contributed by atoms with E-state index in [0.717, 1.165) is 4.90 Å². The Bertz CT molecular complexity index is 1680. The molecule has 2 fully saturated rings. The third kappa shape index (κ3) is 7.08. The Labute approximate surface area is 264 Å². The summed E-state index contributed by atoms with van der Waals surface area (Å²) in [6.07, 6.45) is 0.649. The zero-order valence-corrected chi connectivity index (χ0v) is 24.0. The number of rotatable bonds is 7. The van der Waals surface area contributed by atoms with E-state index in [-0.39, 0.29) is 79.4 Å². The largest absolute Gasteiger partial charge is 0.351 e. The highest BCUT2D eigenvalue weighted by molar-refractivity contribution is 6.31. The Hall–Kier alpha value is -4.94. The van der Waals surface area contributed by atoms with Gasteiger partial charge in [-0.1, -0.05) is 43.3 Å². The van der Waals surface area contributed by atoms with Gasteiger partial charge in [-0.15, -0.1) is 0 Å². The summed E-state index contributed by atoms with van der Waals surface area (Å²) in [6.45, 7) is 0. The minimum absolute atomic E-state index is 0. The standard InChI is InChI=1S/C31H26ClF2N7O3.CH4/c32-24-7-2-1-6-23(24)27(28(43)38-20-10-13-31(33,34)14-11-20)40(22-5-3-4-19(16-22)17-35)29(44)25-8-9-26(42)41(25)30-37-15-12-21(18-36)39-30;/h1-7,12,15-16,20,25,27H,8-11,13-14H2,(H,38,43);1H4/t25-,27-;/m0./s1. The summed E-state index contributed by atoms with van der Waals surface area (Å²) in [6, 6.07) is 14.6. The first-order valence-electron chi connectivity index (χ1n) is 13.9. The number of anilines is 2. The van der Waals surface area contributed by atoms with Gasteiger partial charge in [0.05, 0.1) is 11.6 Å². The molecule has 1 aliphatic heterocycles. The van der Waals surface area contributed by atoms with Gasteiger partial charge in [0.2, 0.25) is 23.7 Å². The Kier molecular flexibility index (Phi) is 10.1. The van der Waals surface area contributed by atoms with Crippen LogP contribution in [0, 0.1) is 22.7 Å². The average molecular weight is 634 g/mol. The number of nitrogens with zero attached hydrogens (tertiary/aromatic N) is 6. The van der Waals surface area contributed by atoms with Gasteiger partial charge in [-0.2, -0.15) is 10.5 Å². The molecule has 0 spiro atoms. The molecule has 1 saturated heterocycles. The van der Waals surface area contributed by atoms with Crippen molar-refractivity contribution in [1.82, 2.24) is 15.3 Å². The third-order valence-electron chi connectivity index (χ3n) is 7.73. The molecule has 1 aromatic heterocycles. The molecular formula is C32H30ClF2N7O3. The number of benzene rings is 2. The molecule has 3 aromatic rings. The summed E-state index contributed by atoms with van der Waals surface area (Å²) < 4.78 is 27.8. The smallest absolute Gasteiger partial charge is 0.251 e. The predicted octanol–water partition coefficient (Wildman–Crippen LogP) is 5.47. The summed E-state index contributed by atoms with van der Waals surface area (Å²) in [4.78, 5) is 52.4. The van der Waals surface area contributed by atoms with Crippen molar-refractivity contribution in [2.75, 3.05) is 9.80 Å². The Morgan fingerprint density at radius 3 is 2.49 bits per heavy atom. The van der Waals surface area contributed by atoms with Crippen LogP contribution in [0.4, 0.5) is 20.4 Å². The summed E-state index contributed by atoms with van der Waals surface area (Å²) >= 11 is 6.59. The third-order valence-corrected chi connectivity index (χ3v) is 8.07. The monoisotopic (exact) mass is 633 g/mol. The van der Waals surface area contributed by atoms with E-state index in [1.807, 2.05) is 12.1 Å². The maximum atomic E-state index is 14.6.